The molecule has 1 rings (SSSR count). The number of hydrazone groups is 1. The molecule has 1 amide bonds. The van der Waals surface area contributed by atoms with E-state index in [1.165, 1.54) is 11.1 Å². The zero-order valence-corrected chi connectivity index (χ0v) is 6.75. The molecule has 0 saturated heterocycles. The van der Waals surface area contributed by atoms with Crippen LogP contribution >= 0.6 is 12.6 Å². The van der Waals surface area contributed by atoms with Crippen LogP contribution in [0, 0.1) is 0 Å². The van der Waals surface area contributed by atoms with Gasteiger partial charge in [0.1, 0.15) is 6.21 Å². The molecule has 0 fully saturated rings. The van der Waals surface area contributed by atoms with E-state index in [2.05, 4.69) is 17.7 Å². The Labute approximate surface area is 64.9 Å². The molecule has 0 N–H and O–H groups in total. The molecule has 0 aromatic rings. The van der Waals surface area contributed by atoms with Gasteiger partial charge in [-0.25, -0.2) is 0 Å². The molecule has 10 heavy (non-hydrogen) atoms. The number of nitrogens with zero attached hydrogens (tertiary/aromatic N) is 3. The van der Waals surface area contributed by atoms with Crippen molar-refractivity contribution in [2.75, 3.05) is 14.1 Å². The summed E-state index contributed by atoms with van der Waals surface area (Å²) in [6.07, 6.45) is 1.27. The van der Waals surface area contributed by atoms with E-state index >= 15 is 0 Å². The van der Waals surface area contributed by atoms with Crippen molar-refractivity contribution in [3.63, 3.8) is 0 Å². The van der Waals surface area contributed by atoms with Crippen molar-refractivity contribution < 1.29 is 4.79 Å². The van der Waals surface area contributed by atoms with Crippen molar-refractivity contribution in [3.8, 4) is 0 Å². The van der Waals surface area contributed by atoms with Crippen LogP contribution in [0.1, 0.15) is 0 Å². The predicted octanol–water partition coefficient (Wildman–Crippen LogP) is -0.411. The van der Waals surface area contributed by atoms with Crippen LogP contribution in [0.2, 0.25) is 0 Å². The number of hydrogen-bond acceptors (Lipinski definition) is 4. The normalized spacial score (nSPS) is 25.9. The Morgan fingerprint density at radius 3 is 2.80 bits per heavy atom. The van der Waals surface area contributed by atoms with E-state index in [1.807, 2.05) is 0 Å². The standard InChI is InChI=1S/C5H9N3OS/c1-7-4(9)3-6-8(2)5(7)10/h3,5,10H,1-2H3. The maximum atomic E-state index is 10.9. The summed E-state index contributed by atoms with van der Waals surface area (Å²) in [5, 5.41) is 5.38. The lowest BCUT2D eigenvalue weighted by Crippen LogP contribution is -2.46. The van der Waals surface area contributed by atoms with Crippen molar-refractivity contribution in [1.29, 1.82) is 0 Å². The first-order valence-electron chi connectivity index (χ1n) is 2.84. The first kappa shape index (κ1) is 7.40. The molecule has 1 unspecified atom stereocenters. The van der Waals surface area contributed by atoms with Gasteiger partial charge in [-0.05, 0) is 0 Å². The summed E-state index contributed by atoms with van der Waals surface area (Å²) >= 11 is 4.13. The maximum absolute atomic E-state index is 10.9. The first-order valence-corrected chi connectivity index (χ1v) is 3.36. The van der Waals surface area contributed by atoms with E-state index in [-0.39, 0.29) is 11.4 Å². The van der Waals surface area contributed by atoms with Crippen LogP contribution < -0.4 is 0 Å². The van der Waals surface area contributed by atoms with Gasteiger partial charge in [0.15, 0.2) is 5.50 Å². The lowest BCUT2D eigenvalue weighted by atomic mass is 10.5. The summed E-state index contributed by atoms with van der Waals surface area (Å²) in [6, 6.07) is 0. The zero-order chi connectivity index (χ0) is 7.72. The number of hydrogen-bond donors (Lipinski definition) is 1. The number of carbonyl (C=O) groups excluding carboxylic acids is 1. The predicted molar refractivity (Wildman–Crippen MR) is 41.8 cm³/mol. The van der Waals surface area contributed by atoms with Gasteiger partial charge >= 0.3 is 0 Å². The third-order valence-corrected chi connectivity index (χ3v) is 2.06. The van der Waals surface area contributed by atoms with Gasteiger partial charge in [-0.3, -0.25) is 9.80 Å². The summed E-state index contributed by atoms with van der Waals surface area (Å²) < 4.78 is 0. The quantitative estimate of drug-likeness (QED) is 0.488. The van der Waals surface area contributed by atoms with E-state index in [9.17, 15) is 4.79 Å². The topological polar surface area (TPSA) is 35.9 Å². The lowest BCUT2D eigenvalue weighted by molar-refractivity contribution is -0.126. The zero-order valence-electron chi connectivity index (χ0n) is 5.85. The minimum atomic E-state index is -0.238. The Kier molecular flexibility index (Phi) is 1.85. The molecule has 1 aliphatic heterocycles. The molecule has 5 heteroatoms. The summed E-state index contributed by atoms with van der Waals surface area (Å²) in [5.74, 6) is -0.113. The van der Waals surface area contributed by atoms with Crippen molar-refractivity contribution in [1.82, 2.24) is 9.91 Å². The second-order valence-corrected chi connectivity index (χ2v) is 2.58. The fraction of sp³-hybridized carbons (Fsp3) is 0.600. The fourth-order valence-electron chi connectivity index (χ4n) is 0.656. The Morgan fingerprint density at radius 1 is 1.70 bits per heavy atom. The van der Waals surface area contributed by atoms with Gasteiger partial charge in [0.2, 0.25) is 0 Å². The molecule has 0 aliphatic carbocycles. The molecule has 4 nitrogen and oxygen atoms in total. The molecule has 0 aromatic carbocycles. The first-order chi connectivity index (χ1) is 4.63. The summed E-state index contributed by atoms with van der Waals surface area (Å²) in [6.45, 7) is 0. The van der Waals surface area contributed by atoms with Crippen LogP contribution in [0.25, 0.3) is 0 Å². The Bertz CT molecular complexity index is 182. The average molecular weight is 159 g/mol. The number of rotatable bonds is 0. The van der Waals surface area contributed by atoms with Gasteiger partial charge in [0.05, 0.1) is 0 Å². The van der Waals surface area contributed by atoms with Gasteiger partial charge in [-0.2, -0.15) is 5.10 Å². The number of amides is 1. The number of thiol groups is 1. The lowest BCUT2D eigenvalue weighted by Gasteiger charge is -2.31. The average Bonchev–Trinajstić information content (AvgIpc) is 1.93. The molecule has 1 heterocycles. The van der Waals surface area contributed by atoms with Gasteiger partial charge < -0.3 is 4.90 Å². The smallest absolute Gasteiger partial charge is 0.268 e. The van der Waals surface area contributed by atoms with E-state index in [4.69, 9.17) is 0 Å². The van der Waals surface area contributed by atoms with Crippen LogP contribution in [0.3, 0.4) is 0 Å². The highest BCUT2D eigenvalue weighted by atomic mass is 32.1. The monoisotopic (exact) mass is 159 g/mol. The van der Waals surface area contributed by atoms with Crippen molar-refractivity contribution >= 4 is 24.8 Å². The minimum Gasteiger partial charge on any atom is -0.310 e. The van der Waals surface area contributed by atoms with E-state index in [0.29, 0.717) is 0 Å². The van der Waals surface area contributed by atoms with Crippen molar-refractivity contribution in [2.45, 2.75) is 5.50 Å². The van der Waals surface area contributed by atoms with E-state index in [1.54, 1.807) is 19.1 Å². The maximum Gasteiger partial charge on any atom is 0.268 e. The van der Waals surface area contributed by atoms with E-state index in [0.717, 1.165) is 0 Å². The summed E-state index contributed by atoms with van der Waals surface area (Å²) in [5.41, 5.74) is -0.238. The van der Waals surface area contributed by atoms with Crippen molar-refractivity contribution in [3.05, 3.63) is 0 Å². The molecule has 0 radical (unpaired) electrons. The van der Waals surface area contributed by atoms with Crippen LogP contribution in [0.5, 0.6) is 0 Å². The fourth-order valence-corrected chi connectivity index (χ4v) is 0.829. The highest BCUT2D eigenvalue weighted by Crippen LogP contribution is 2.09. The van der Waals surface area contributed by atoms with Crippen LogP contribution in [-0.4, -0.2) is 41.6 Å². The minimum absolute atomic E-state index is 0.113. The van der Waals surface area contributed by atoms with Gasteiger partial charge in [0.25, 0.3) is 5.91 Å². The van der Waals surface area contributed by atoms with Crippen LogP contribution in [0.4, 0.5) is 0 Å². The molecule has 0 aromatic heterocycles. The van der Waals surface area contributed by atoms with Crippen LogP contribution in [-0.2, 0) is 4.79 Å². The summed E-state index contributed by atoms with van der Waals surface area (Å²) in [4.78, 5) is 12.3. The highest BCUT2D eigenvalue weighted by molar-refractivity contribution is 7.80. The highest BCUT2D eigenvalue weighted by Gasteiger charge is 2.21. The second-order valence-electron chi connectivity index (χ2n) is 2.11. The third-order valence-electron chi connectivity index (χ3n) is 1.38. The van der Waals surface area contributed by atoms with Crippen LogP contribution in [0.15, 0.2) is 5.10 Å². The SMILES string of the molecule is CN1N=CC(=O)N(C)C1S. The molecule has 0 bridgehead atoms. The summed E-state index contributed by atoms with van der Waals surface area (Å²) in [7, 11) is 3.44. The Hall–Kier alpha value is -0.710. The van der Waals surface area contributed by atoms with E-state index < -0.39 is 0 Å². The van der Waals surface area contributed by atoms with Gasteiger partial charge in [-0.1, -0.05) is 0 Å². The van der Waals surface area contributed by atoms with Gasteiger partial charge in [0, 0.05) is 14.1 Å². The number of carbonyl (C=O) groups is 1. The molecular formula is C5H9N3OS. The molecule has 1 atom stereocenters. The van der Waals surface area contributed by atoms with Gasteiger partial charge in [-0.15, -0.1) is 12.6 Å². The largest absolute Gasteiger partial charge is 0.310 e. The molecular weight excluding hydrogens is 150 g/mol. The third kappa shape index (κ3) is 1.09. The Morgan fingerprint density at radius 2 is 2.30 bits per heavy atom. The Balaban J connectivity index is 2.79. The molecule has 1 aliphatic rings. The molecule has 0 spiro atoms. The second kappa shape index (κ2) is 2.49. The molecule has 0 saturated carbocycles. The molecule has 56 valence electrons. The van der Waals surface area contributed by atoms with Crippen molar-refractivity contribution in [2.24, 2.45) is 5.10 Å².